The third-order valence-electron chi connectivity index (χ3n) is 17.7. The third kappa shape index (κ3) is 3.72. The summed E-state index contributed by atoms with van der Waals surface area (Å²) in [4.78, 5) is 26.5. The van der Waals surface area contributed by atoms with Crippen LogP contribution in [0.5, 0.6) is 0 Å². The summed E-state index contributed by atoms with van der Waals surface area (Å²) < 4.78 is 0. The molecule has 0 aromatic heterocycles. The number of carbonyl (C=O) groups excluding carboxylic acids is 1. The zero-order chi connectivity index (χ0) is 31.2. The predicted molar refractivity (Wildman–Crippen MR) is 169 cm³/mol. The molecule has 0 bridgehead atoms. The molecule has 7 rings (SSSR count). The SMILES string of the molecule is CC1([C@@H]2CC[C@]3(C(=O)N[C@@H]4C[C@H](C(=O)O)C4(C)C)CC[C@]4(C)[C@H](CC[C@@H]5[C@@]6(C)CC[C@H](O)C(C)(C)[C@@H]6CC[C@]54C)[C@@H]23)CC1. The van der Waals surface area contributed by atoms with Crippen molar-refractivity contribution in [1.29, 1.82) is 0 Å². The highest BCUT2D eigenvalue weighted by Gasteiger charge is 2.73. The molecule has 12 atom stereocenters. The summed E-state index contributed by atoms with van der Waals surface area (Å²) in [5.74, 6) is 2.03. The zero-order valence-electron chi connectivity index (χ0n) is 28.5. The highest BCUT2D eigenvalue weighted by Crippen LogP contribution is 2.79. The Morgan fingerprint density at radius 2 is 1.37 bits per heavy atom. The molecule has 0 aromatic carbocycles. The van der Waals surface area contributed by atoms with Crippen LogP contribution in [0, 0.1) is 73.4 Å². The molecule has 7 aliphatic carbocycles. The number of carboxylic acids is 1. The van der Waals surface area contributed by atoms with E-state index in [2.05, 4.69) is 46.9 Å². The molecular formula is C38H61NO4. The van der Waals surface area contributed by atoms with Gasteiger partial charge in [0, 0.05) is 6.04 Å². The molecule has 242 valence electrons. The van der Waals surface area contributed by atoms with Gasteiger partial charge in [0.1, 0.15) is 0 Å². The van der Waals surface area contributed by atoms with E-state index in [1.165, 1.54) is 44.9 Å². The summed E-state index contributed by atoms with van der Waals surface area (Å²) in [5.41, 5.74) is 0.396. The second-order valence-corrected chi connectivity index (χ2v) is 19.5. The maximum Gasteiger partial charge on any atom is 0.307 e. The number of aliphatic hydroxyl groups excluding tert-OH is 1. The van der Waals surface area contributed by atoms with E-state index in [0.717, 1.165) is 32.1 Å². The van der Waals surface area contributed by atoms with Crippen molar-refractivity contribution in [2.24, 2.45) is 73.4 Å². The zero-order valence-corrected chi connectivity index (χ0v) is 28.5. The van der Waals surface area contributed by atoms with Crippen molar-refractivity contribution in [3.8, 4) is 0 Å². The molecule has 43 heavy (non-hydrogen) atoms. The molecule has 7 aliphatic rings. The maximum absolute atomic E-state index is 14.7. The summed E-state index contributed by atoms with van der Waals surface area (Å²) >= 11 is 0. The number of carbonyl (C=O) groups is 2. The standard InChI is InChI=1S/C38H61NO4/c1-32(2)24(30(41)42)21-27(32)39-31(43)38-16-11-22(34(5)17-18-34)29(38)23-9-10-26-35(6)14-13-28(40)33(3,4)25(35)12-15-37(26,8)36(23,7)19-20-38/h22-29,40H,9-21H2,1-8H3,(H,39,43)(H,41,42)/t22-,23-,24-,25+,26-,27-,28+,29-,35+,36-,37-,38+/m1/s1. The molecular weight excluding hydrogens is 534 g/mol. The van der Waals surface area contributed by atoms with E-state index in [1.54, 1.807) is 0 Å². The third-order valence-corrected chi connectivity index (χ3v) is 17.7. The van der Waals surface area contributed by atoms with Crippen LogP contribution in [0.1, 0.15) is 139 Å². The molecule has 5 nitrogen and oxygen atoms in total. The van der Waals surface area contributed by atoms with Gasteiger partial charge >= 0.3 is 5.97 Å². The minimum Gasteiger partial charge on any atom is -0.481 e. The number of hydrogen-bond donors (Lipinski definition) is 3. The van der Waals surface area contributed by atoms with Gasteiger partial charge < -0.3 is 15.5 Å². The lowest BCUT2D eigenvalue weighted by atomic mass is 9.32. The van der Waals surface area contributed by atoms with Crippen molar-refractivity contribution in [2.75, 3.05) is 0 Å². The molecule has 0 aromatic rings. The Hall–Kier alpha value is -1.10. The fourth-order valence-corrected chi connectivity index (χ4v) is 14.2. The largest absolute Gasteiger partial charge is 0.481 e. The first kappa shape index (κ1) is 30.5. The van der Waals surface area contributed by atoms with E-state index >= 15 is 0 Å². The summed E-state index contributed by atoms with van der Waals surface area (Å²) in [6.45, 7) is 19.2. The van der Waals surface area contributed by atoms with Crippen LogP contribution in [-0.4, -0.2) is 34.2 Å². The average molecular weight is 596 g/mol. The number of hydrogen-bond acceptors (Lipinski definition) is 3. The number of rotatable bonds is 4. The van der Waals surface area contributed by atoms with Crippen LogP contribution in [0.25, 0.3) is 0 Å². The number of amides is 1. The van der Waals surface area contributed by atoms with Gasteiger partial charge in [-0.05, 0) is 146 Å². The summed E-state index contributed by atoms with van der Waals surface area (Å²) in [6.07, 6.45) is 14.4. The average Bonchev–Trinajstić information content (AvgIpc) is 3.53. The van der Waals surface area contributed by atoms with Gasteiger partial charge in [-0.2, -0.15) is 0 Å². The van der Waals surface area contributed by atoms with Crippen LogP contribution >= 0.6 is 0 Å². The summed E-state index contributed by atoms with van der Waals surface area (Å²) in [7, 11) is 0. The quantitative estimate of drug-likeness (QED) is 0.309. The molecule has 0 heterocycles. The molecule has 0 spiro atoms. The van der Waals surface area contributed by atoms with E-state index < -0.39 is 11.4 Å². The van der Waals surface area contributed by atoms with Gasteiger partial charge in [0.15, 0.2) is 0 Å². The highest BCUT2D eigenvalue weighted by atomic mass is 16.4. The molecule has 0 aliphatic heterocycles. The molecule has 1 amide bonds. The Kier molecular flexibility index (Phi) is 6.42. The van der Waals surface area contributed by atoms with Gasteiger partial charge in [0.2, 0.25) is 5.91 Å². The lowest BCUT2D eigenvalue weighted by Crippen LogP contribution is -2.68. The molecule has 0 radical (unpaired) electrons. The predicted octanol–water partition coefficient (Wildman–Crippen LogP) is 7.84. The van der Waals surface area contributed by atoms with Crippen molar-refractivity contribution in [3.63, 3.8) is 0 Å². The van der Waals surface area contributed by atoms with Crippen LogP contribution in [0.4, 0.5) is 0 Å². The first-order chi connectivity index (χ1) is 19.9. The second kappa shape index (κ2) is 9.03. The minimum atomic E-state index is -0.730. The molecule has 0 unspecified atom stereocenters. The van der Waals surface area contributed by atoms with Gasteiger partial charge in [-0.15, -0.1) is 0 Å². The molecule has 3 N–H and O–H groups in total. The van der Waals surface area contributed by atoms with E-state index in [0.29, 0.717) is 41.4 Å². The Balaban J connectivity index is 1.22. The van der Waals surface area contributed by atoms with Crippen molar-refractivity contribution >= 4 is 11.9 Å². The Morgan fingerprint density at radius 1 is 0.674 bits per heavy atom. The lowest BCUT2D eigenvalue weighted by Gasteiger charge is -2.73. The fourth-order valence-electron chi connectivity index (χ4n) is 14.2. The van der Waals surface area contributed by atoms with Crippen LogP contribution in [0.2, 0.25) is 0 Å². The van der Waals surface area contributed by atoms with Crippen molar-refractivity contribution in [1.82, 2.24) is 5.32 Å². The number of aliphatic carboxylic acids is 1. The normalized spacial score (nSPS) is 53.7. The molecule has 0 saturated heterocycles. The first-order valence-electron chi connectivity index (χ1n) is 18.1. The number of aliphatic hydroxyl groups is 1. The summed E-state index contributed by atoms with van der Waals surface area (Å²) in [5, 5.41) is 24.3. The van der Waals surface area contributed by atoms with Gasteiger partial charge in [-0.25, -0.2) is 0 Å². The monoisotopic (exact) mass is 595 g/mol. The van der Waals surface area contributed by atoms with Crippen molar-refractivity contribution in [2.45, 2.75) is 151 Å². The fraction of sp³-hybridized carbons (Fsp3) is 0.947. The van der Waals surface area contributed by atoms with Crippen LogP contribution in [0.3, 0.4) is 0 Å². The number of nitrogens with one attached hydrogen (secondary N) is 1. The van der Waals surface area contributed by atoms with Gasteiger partial charge in [0.05, 0.1) is 17.4 Å². The van der Waals surface area contributed by atoms with Crippen molar-refractivity contribution in [3.05, 3.63) is 0 Å². The number of fused-ring (bicyclic) bond motifs is 7. The van der Waals surface area contributed by atoms with Crippen LogP contribution < -0.4 is 5.32 Å². The molecule has 7 saturated carbocycles. The topological polar surface area (TPSA) is 86.6 Å². The summed E-state index contributed by atoms with van der Waals surface area (Å²) in [6, 6.07) is -0.0477. The van der Waals surface area contributed by atoms with E-state index in [1.807, 2.05) is 13.8 Å². The first-order valence-corrected chi connectivity index (χ1v) is 18.1. The maximum atomic E-state index is 14.7. The van der Waals surface area contributed by atoms with E-state index in [4.69, 9.17) is 0 Å². The van der Waals surface area contributed by atoms with Gasteiger partial charge in [-0.1, -0.05) is 55.4 Å². The number of carboxylic acid groups (broad SMARTS) is 1. The minimum absolute atomic E-state index is 0.0298. The van der Waals surface area contributed by atoms with E-state index in [9.17, 15) is 19.8 Å². The highest BCUT2D eigenvalue weighted by molar-refractivity contribution is 5.85. The Bertz CT molecular complexity index is 1200. The van der Waals surface area contributed by atoms with Crippen LogP contribution in [-0.2, 0) is 9.59 Å². The molecule has 5 heteroatoms. The Morgan fingerprint density at radius 3 is 2.00 bits per heavy atom. The molecule has 7 fully saturated rings. The second-order valence-electron chi connectivity index (χ2n) is 19.5. The van der Waals surface area contributed by atoms with Crippen molar-refractivity contribution < 1.29 is 19.8 Å². The van der Waals surface area contributed by atoms with Gasteiger partial charge in [0.25, 0.3) is 0 Å². The smallest absolute Gasteiger partial charge is 0.307 e. The van der Waals surface area contributed by atoms with Crippen LogP contribution in [0.15, 0.2) is 0 Å². The van der Waals surface area contributed by atoms with Gasteiger partial charge in [-0.3, -0.25) is 9.59 Å². The Labute approximate surface area is 261 Å². The lowest BCUT2D eigenvalue weighted by molar-refractivity contribution is -0.248. The van der Waals surface area contributed by atoms with E-state index in [-0.39, 0.29) is 51.0 Å².